The quantitative estimate of drug-likeness (QED) is 0.552. The fourth-order valence-corrected chi connectivity index (χ4v) is 3.99. The summed E-state index contributed by atoms with van der Waals surface area (Å²) < 4.78 is 15.6. The predicted molar refractivity (Wildman–Crippen MR) is 133 cm³/mol. The number of fused-ring (bicyclic) bond motifs is 1. The Kier molecular flexibility index (Phi) is 7.81. The summed E-state index contributed by atoms with van der Waals surface area (Å²) in [6.07, 6.45) is -0.566. The summed E-state index contributed by atoms with van der Waals surface area (Å²) in [5.74, 6) is 1.21. The van der Waals surface area contributed by atoms with Crippen molar-refractivity contribution >= 4 is 30.9 Å². The van der Waals surface area contributed by atoms with Crippen molar-refractivity contribution < 1.29 is 14.3 Å². The second-order valence-electron chi connectivity index (χ2n) is 8.78. The predicted octanol–water partition coefficient (Wildman–Crippen LogP) is 4.60. The van der Waals surface area contributed by atoms with E-state index in [0.29, 0.717) is 31.7 Å². The first kappa shape index (κ1) is 24.8. The van der Waals surface area contributed by atoms with Crippen LogP contribution >= 0.6 is 13.5 Å². The molecule has 0 bridgehead atoms. The molecule has 2 N–H and O–H groups in total. The fraction of sp³-hybridized carbons (Fsp3) is 0.360. The van der Waals surface area contributed by atoms with E-state index in [4.69, 9.17) is 4.98 Å². The summed E-state index contributed by atoms with van der Waals surface area (Å²) in [7, 11) is 0. The van der Waals surface area contributed by atoms with Gasteiger partial charge in [0.1, 0.15) is 29.3 Å². The van der Waals surface area contributed by atoms with Crippen molar-refractivity contribution in [1.82, 2.24) is 14.5 Å². The highest BCUT2D eigenvalue weighted by Gasteiger charge is 2.30. The number of nitrogens with zero attached hydrogens (tertiary/aromatic N) is 3. The largest absolute Gasteiger partial charge is 0.383 e. The van der Waals surface area contributed by atoms with Gasteiger partial charge in [-0.2, -0.15) is 13.5 Å². The van der Waals surface area contributed by atoms with Crippen LogP contribution in [0, 0.1) is 18.7 Å². The molecular formula is C25H31FN4O2S. The van der Waals surface area contributed by atoms with Gasteiger partial charge in [0.25, 0.3) is 5.91 Å². The Morgan fingerprint density at radius 1 is 1.12 bits per heavy atom. The van der Waals surface area contributed by atoms with Crippen molar-refractivity contribution in [3.63, 3.8) is 0 Å². The molecule has 0 unspecified atom stereocenters. The Morgan fingerprint density at radius 2 is 1.79 bits per heavy atom. The number of aromatic nitrogens is 2. The van der Waals surface area contributed by atoms with Gasteiger partial charge >= 0.3 is 0 Å². The minimum Gasteiger partial charge on any atom is -0.383 e. The number of imidazole rings is 1. The lowest BCUT2D eigenvalue weighted by molar-refractivity contribution is -0.142. The maximum atomic E-state index is 13.5. The first-order valence-corrected chi connectivity index (χ1v) is 11.0. The molecule has 0 saturated carbocycles. The molecule has 6 nitrogen and oxygen atoms in total. The molecule has 1 aromatic heterocycles. The topological polar surface area (TPSA) is 70.4 Å². The average molecular weight is 471 g/mol. The Morgan fingerprint density at radius 3 is 2.42 bits per heavy atom. The van der Waals surface area contributed by atoms with E-state index in [1.807, 2.05) is 45.0 Å². The van der Waals surface area contributed by atoms with Gasteiger partial charge in [0.15, 0.2) is 0 Å². The van der Waals surface area contributed by atoms with Crippen molar-refractivity contribution in [2.45, 2.75) is 46.4 Å². The van der Waals surface area contributed by atoms with Gasteiger partial charge in [-0.1, -0.05) is 31.5 Å². The highest BCUT2D eigenvalue weighted by Crippen LogP contribution is 2.33. The molecule has 0 aliphatic carbocycles. The number of hydrogen-bond donors (Lipinski definition) is 2. The normalized spacial score (nSPS) is 13.9. The van der Waals surface area contributed by atoms with Crippen LogP contribution in [0.5, 0.6) is 0 Å². The minimum absolute atomic E-state index is 0. The van der Waals surface area contributed by atoms with E-state index in [9.17, 15) is 14.3 Å². The lowest BCUT2D eigenvalue weighted by Crippen LogP contribution is -2.44. The molecule has 1 amide bonds. The Bertz CT molecular complexity index is 1100. The lowest BCUT2D eigenvalue weighted by Gasteiger charge is -2.30. The maximum Gasteiger partial charge on any atom is 0.251 e. The molecule has 0 saturated heterocycles. The monoisotopic (exact) mass is 470 g/mol. The molecule has 33 heavy (non-hydrogen) atoms. The molecule has 3 aromatic rings. The Balaban J connectivity index is 0.00000306. The zero-order chi connectivity index (χ0) is 22.8. The summed E-state index contributed by atoms with van der Waals surface area (Å²) in [5, 5.41) is 13.8. The van der Waals surface area contributed by atoms with Crippen LogP contribution in [-0.4, -0.2) is 38.1 Å². The number of hydrogen-bond acceptors (Lipinski definition) is 4. The van der Waals surface area contributed by atoms with E-state index < -0.39 is 6.10 Å². The standard InChI is InChI=1S/C25H29FN4O2.H2S/c1-16(2)14-21(31)25(32)29-12-13-30-22(15-29)28-23(18-6-8-19(26)9-7-18)24(30)27-20-10-4-17(3)5-11-20;/h4-11,16,21,27,31H,12-15H2,1-3H3;1H2/t21-;/m0./s1. The van der Waals surface area contributed by atoms with Crippen molar-refractivity contribution in [2.75, 3.05) is 11.9 Å². The molecule has 4 rings (SSSR count). The van der Waals surface area contributed by atoms with Gasteiger partial charge in [0.05, 0.1) is 6.54 Å². The second kappa shape index (κ2) is 10.4. The number of carbonyl (C=O) groups excluding carboxylic acids is 1. The van der Waals surface area contributed by atoms with E-state index in [1.54, 1.807) is 17.0 Å². The highest BCUT2D eigenvalue weighted by molar-refractivity contribution is 7.59. The van der Waals surface area contributed by atoms with Crippen LogP contribution in [0.25, 0.3) is 11.3 Å². The lowest BCUT2D eigenvalue weighted by atomic mass is 10.0. The molecule has 2 aromatic carbocycles. The number of aliphatic hydroxyl groups is 1. The van der Waals surface area contributed by atoms with Crippen molar-refractivity contribution in [3.8, 4) is 11.3 Å². The number of rotatable bonds is 6. The summed E-state index contributed by atoms with van der Waals surface area (Å²) >= 11 is 0. The summed E-state index contributed by atoms with van der Waals surface area (Å²) in [5.41, 5.74) is 3.59. The molecule has 1 atom stereocenters. The number of aryl methyl sites for hydroxylation is 1. The number of aliphatic hydroxyl groups excluding tert-OH is 1. The van der Waals surface area contributed by atoms with Crippen LogP contribution in [-0.2, 0) is 17.9 Å². The van der Waals surface area contributed by atoms with Gasteiger partial charge in [-0.3, -0.25) is 4.79 Å². The van der Waals surface area contributed by atoms with Crippen LogP contribution in [0.3, 0.4) is 0 Å². The summed E-state index contributed by atoms with van der Waals surface area (Å²) in [6.45, 7) is 7.36. The van der Waals surface area contributed by atoms with E-state index in [-0.39, 0.29) is 31.1 Å². The second-order valence-corrected chi connectivity index (χ2v) is 8.78. The third kappa shape index (κ3) is 5.57. The number of nitrogens with one attached hydrogen (secondary N) is 1. The van der Waals surface area contributed by atoms with E-state index >= 15 is 0 Å². The van der Waals surface area contributed by atoms with Crippen LogP contribution in [0.15, 0.2) is 48.5 Å². The molecule has 8 heteroatoms. The first-order valence-electron chi connectivity index (χ1n) is 11.0. The zero-order valence-corrected chi connectivity index (χ0v) is 20.2. The summed E-state index contributed by atoms with van der Waals surface area (Å²) in [4.78, 5) is 19.2. The van der Waals surface area contributed by atoms with E-state index in [1.165, 1.54) is 17.7 Å². The number of anilines is 2. The van der Waals surface area contributed by atoms with Crippen LogP contribution in [0.1, 0.15) is 31.7 Å². The highest BCUT2D eigenvalue weighted by atomic mass is 32.1. The molecule has 1 aliphatic rings. The molecule has 2 heterocycles. The number of amides is 1. The molecule has 0 radical (unpaired) electrons. The van der Waals surface area contributed by atoms with Crippen LogP contribution in [0.2, 0.25) is 0 Å². The van der Waals surface area contributed by atoms with Crippen molar-refractivity contribution in [3.05, 3.63) is 65.7 Å². The first-order chi connectivity index (χ1) is 15.3. The molecule has 0 spiro atoms. The van der Waals surface area contributed by atoms with E-state index in [2.05, 4.69) is 9.88 Å². The molecular weight excluding hydrogens is 439 g/mol. The van der Waals surface area contributed by atoms with Gasteiger partial charge < -0.3 is 19.9 Å². The third-order valence-electron chi connectivity index (χ3n) is 5.70. The third-order valence-corrected chi connectivity index (χ3v) is 5.70. The average Bonchev–Trinajstić information content (AvgIpc) is 3.12. The SMILES string of the molecule is Cc1ccc(Nc2c(-c3ccc(F)cc3)nc3n2CCN(C(=O)[C@@H](O)CC(C)C)C3)cc1.S. The molecule has 1 aliphatic heterocycles. The van der Waals surface area contributed by atoms with E-state index in [0.717, 1.165) is 22.9 Å². The maximum absolute atomic E-state index is 13.5. The van der Waals surface area contributed by atoms with Crippen LogP contribution in [0.4, 0.5) is 15.9 Å². The van der Waals surface area contributed by atoms with Gasteiger partial charge in [-0.05, 0) is 55.7 Å². The van der Waals surface area contributed by atoms with Crippen LogP contribution < -0.4 is 5.32 Å². The van der Waals surface area contributed by atoms with Gasteiger partial charge in [0.2, 0.25) is 0 Å². The van der Waals surface area contributed by atoms with Gasteiger partial charge in [0, 0.05) is 24.3 Å². The number of carbonyl (C=O) groups is 1. The smallest absolute Gasteiger partial charge is 0.251 e. The van der Waals surface area contributed by atoms with Gasteiger partial charge in [-0.25, -0.2) is 9.37 Å². The summed E-state index contributed by atoms with van der Waals surface area (Å²) in [6, 6.07) is 14.3. The Hall–Kier alpha value is -2.84. The number of halogens is 1. The Labute approximate surface area is 200 Å². The fourth-order valence-electron chi connectivity index (χ4n) is 3.99. The minimum atomic E-state index is -1.00. The van der Waals surface area contributed by atoms with Gasteiger partial charge in [-0.15, -0.1) is 0 Å². The number of benzene rings is 2. The van der Waals surface area contributed by atoms with Crippen molar-refractivity contribution in [2.24, 2.45) is 5.92 Å². The molecule has 176 valence electrons. The molecule has 0 fully saturated rings. The van der Waals surface area contributed by atoms with Crippen molar-refractivity contribution in [1.29, 1.82) is 0 Å². The zero-order valence-electron chi connectivity index (χ0n) is 19.2.